The summed E-state index contributed by atoms with van der Waals surface area (Å²) in [4.78, 5) is 42.1. The summed E-state index contributed by atoms with van der Waals surface area (Å²) in [7, 11) is 0. The number of aliphatic hydroxyl groups is 1. The first-order valence-corrected chi connectivity index (χ1v) is 7.13. The predicted molar refractivity (Wildman–Crippen MR) is 80.7 cm³/mol. The largest absolute Gasteiger partial charge is 0.466 e. The van der Waals surface area contributed by atoms with Gasteiger partial charge in [-0.1, -0.05) is 0 Å². The molecular weight excluding hydrogens is 304 g/mol. The highest BCUT2D eigenvalue weighted by Gasteiger charge is 2.15. The fraction of sp³-hybridized carbons (Fsp3) is 0.429. The van der Waals surface area contributed by atoms with E-state index in [1.165, 1.54) is 6.07 Å². The molecule has 0 amide bonds. The maximum Gasteiger partial charge on any atom is 0.311 e. The molecule has 0 aromatic carbocycles. The number of aryl methyl sites for hydroxylation is 1. The summed E-state index contributed by atoms with van der Waals surface area (Å²) in [6.45, 7) is 3.43. The number of ether oxygens (including phenoxy) is 1. The fourth-order valence-corrected chi connectivity index (χ4v) is 2.19. The maximum absolute atomic E-state index is 12.3. The van der Waals surface area contributed by atoms with Gasteiger partial charge in [0.2, 0.25) is 5.95 Å². The smallest absolute Gasteiger partial charge is 0.311 e. The van der Waals surface area contributed by atoms with Crippen LogP contribution in [0.15, 0.2) is 15.7 Å². The van der Waals surface area contributed by atoms with Gasteiger partial charge in [-0.2, -0.15) is 4.68 Å². The highest BCUT2D eigenvalue weighted by atomic mass is 16.5. The number of carbonyl (C=O) groups is 1. The third-order valence-electron chi connectivity index (χ3n) is 3.18. The van der Waals surface area contributed by atoms with E-state index in [2.05, 4.69) is 15.1 Å². The van der Waals surface area contributed by atoms with Crippen molar-refractivity contribution in [3.05, 3.63) is 43.7 Å². The molecule has 2 aromatic rings. The van der Waals surface area contributed by atoms with Crippen molar-refractivity contribution < 1.29 is 14.6 Å². The summed E-state index contributed by atoms with van der Waals surface area (Å²) in [6.07, 6.45) is 0.0314. The monoisotopic (exact) mass is 322 g/mol. The van der Waals surface area contributed by atoms with Gasteiger partial charge in [0.25, 0.3) is 11.1 Å². The van der Waals surface area contributed by atoms with E-state index in [0.29, 0.717) is 11.3 Å². The normalized spacial score (nSPS) is 10.7. The van der Waals surface area contributed by atoms with Crippen LogP contribution in [0.25, 0.3) is 5.95 Å². The third-order valence-corrected chi connectivity index (χ3v) is 3.18. The molecule has 0 spiro atoms. The Balaban J connectivity index is 2.43. The summed E-state index contributed by atoms with van der Waals surface area (Å²) in [5, 5.41) is 11.8. The van der Waals surface area contributed by atoms with Gasteiger partial charge in [-0.15, -0.1) is 0 Å². The van der Waals surface area contributed by atoms with E-state index < -0.39 is 17.1 Å². The lowest BCUT2D eigenvalue weighted by atomic mass is 10.2. The van der Waals surface area contributed by atoms with Crippen LogP contribution in [0.5, 0.6) is 0 Å². The van der Waals surface area contributed by atoms with E-state index in [1.807, 2.05) is 0 Å². The number of esters is 1. The molecule has 0 saturated carbocycles. The fourth-order valence-electron chi connectivity index (χ4n) is 2.19. The Bertz CT molecular complexity index is 817. The minimum atomic E-state index is -0.507. The van der Waals surface area contributed by atoms with Gasteiger partial charge >= 0.3 is 5.97 Å². The molecule has 3 N–H and O–H groups in total. The molecule has 0 fully saturated rings. The van der Waals surface area contributed by atoms with Gasteiger partial charge in [0.05, 0.1) is 18.7 Å². The number of aromatic amines is 2. The molecule has 0 saturated heterocycles. The zero-order valence-electron chi connectivity index (χ0n) is 12.9. The minimum Gasteiger partial charge on any atom is -0.466 e. The number of nitrogens with zero attached hydrogens (tertiary/aromatic N) is 2. The first-order chi connectivity index (χ1) is 11.0. The first-order valence-electron chi connectivity index (χ1n) is 7.13. The lowest BCUT2D eigenvalue weighted by Gasteiger charge is -2.04. The van der Waals surface area contributed by atoms with Crippen molar-refractivity contribution in [2.75, 3.05) is 13.2 Å². The second-order valence-corrected chi connectivity index (χ2v) is 4.87. The Morgan fingerprint density at radius 3 is 2.83 bits per heavy atom. The van der Waals surface area contributed by atoms with Crippen molar-refractivity contribution in [2.45, 2.75) is 26.7 Å². The van der Waals surface area contributed by atoms with E-state index in [0.717, 1.165) is 4.68 Å². The number of carbonyl (C=O) groups excluding carboxylic acids is 1. The lowest BCUT2D eigenvalue weighted by molar-refractivity contribution is -0.142. The highest BCUT2D eigenvalue weighted by Crippen LogP contribution is 2.04. The van der Waals surface area contributed by atoms with Crippen LogP contribution in [-0.2, 0) is 22.4 Å². The van der Waals surface area contributed by atoms with Crippen LogP contribution in [0.3, 0.4) is 0 Å². The molecule has 0 atom stereocenters. The van der Waals surface area contributed by atoms with Crippen molar-refractivity contribution in [1.29, 1.82) is 0 Å². The van der Waals surface area contributed by atoms with E-state index >= 15 is 0 Å². The highest BCUT2D eigenvalue weighted by molar-refractivity contribution is 5.71. The number of aromatic nitrogens is 4. The molecule has 0 aliphatic heterocycles. The van der Waals surface area contributed by atoms with Crippen LogP contribution in [0, 0.1) is 6.92 Å². The van der Waals surface area contributed by atoms with Gasteiger partial charge in [-0.3, -0.25) is 24.5 Å². The summed E-state index contributed by atoms with van der Waals surface area (Å²) in [6, 6.07) is 1.18. The molecule has 2 aromatic heterocycles. The second-order valence-electron chi connectivity index (χ2n) is 4.87. The number of H-pyrrole nitrogens is 2. The molecule has 0 radical (unpaired) electrons. The molecule has 9 heteroatoms. The maximum atomic E-state index is 12.3. The second kappa shape index (κ2) is 7.05. The van der Waals surface area contributed by atoms with Gasteiger partial charge in [-0.05, 0) is 13.8 Å². The average molecular weight is 322 g/mol. The molecule has 0 aliphatic carbocycles. The Morgan fingerprint density at radius 2 is 2.17 bits per heavy atom. The van der Waals surface area contributed by atoms with E-state index in [-0.39, 0.29) is 37.7 Å². The third kappa shape index (κ3) is 3.75. The molecule has 9 nitrogen and oxygen atoms in total. The van der Waals surface area contributed by atoms with E-state index in [9.17, 15) is 14.4 Å². The van der Waals surface area contributed by atoms with Crippen molar-refractivity contribution in [2.24, 2.45) is 0 Å². The number of hydrogen-bond acceptors (Lipinski definition) is 6. The molecule has 2 heterocycles. The summed E-state index contributed by atoms with van der Waals surface area (Å²) >= 11 is 0. The van der Waals surface area contributed by atoms with Crippen LogP contribution < -0.4 is 11.1 Å². The van der Waals surface area contributed by atoms with Crippen molar-refractivity contribution in [3.8, 4) is 5.95 Å². The van der Waals surface area contributed by atoms with Gasteiger partial charge < -0.3 is 9.84 Å². The van der Waals surface area contributed by atoms with Crippen molar-refractivity contribution >= 4 is 5.97 Å². The summed E-state index contributed by atoms with van der Waals surface area (Å²) in [5.41, 5.74) is 0.281. The van der Waals surface area contributed by atoms with Crippen LogP contribution in [0.4, 0.5) is 0 Å². The van der Waals surface area contributed by atoms with Crippen molar-refractivity contribution in [1.82, 2.24) is 19.7 Å². The molecule has 0 bridgehead atoms. The summed E-state index contributed by atoms with van der Waals surface area (Å²) in [5.74, 6) is -0.526. The standard InChI is InChI=1S/C14H18N4O5/c1-3-23-12(21)7-9-6-11(20)16-14(15-9)18-13(22)10(4-5-19)8(2)17-18/h6,17,19H,3-5,7H2,1-2H3,(H,15,16,20). The molecule has 2 rings (SSSR count). The lowest BCUT2D eigenvalue weighted by Crippen LogP contribution is -2.24. The molecule has 0 aliphatic rings. The molecular formula is C14H18N4O5. The van der Waals surface area contributed by atoms with E-state index in [4.69, 9.17) is 9.84 Å². The Hall–Kier alpha value is -2.68. The zero-order valence-corrected chi connectivity index (χ0v) is 12.9. The minimum absolute atomic E-state index is 0.0194. The first kappa shape index (κ1) is 16.7. The quantitative estimate of drug-likeness (QED) is 0.597. The van der Waals surface area contributed by atoms with Crippen LogP contribution >= 0.6 is 0 Å². The Kier molecular flexibility index (Phi) is 5.12. The van der Waals surface area contributed by atoms with Crippen LogP contribution in [0.1, 0.15) is 23.9 Å². The topological polar surface area (TPSA) is 130 Å². The van der Waals surface area contributed by atoms with Crippen LogP contribution in [0.2, 0.25) is 0 Å². The van der Waals surface area contributed by atoms with Crippen molar-refractivity contribution in [3.63, 3.8) is 0 Å². The van der Waals surface area contributed by atoms with E-state index in [1.54, 1.807) is 13.8 Å². The number of aliphatic hydroxyl groups excluding tert-OH is 1. The zero-order chi connectivity index (χ0) is 17.0. The predicted octanol–water partition coefficient (Wildman–Crippen LogP) is -0.802. The summed E-state index contributed by atoms with van der Waals surface area (Å²) < 4.78 is 5.89. The molecule has 23 heavy (non-hydrogen) atoms. The number of hydrogen-bond donors (Lipinski definition) is 3. The Labute approximate surface area is 130 Å². The molecule has 0 unspecified atom stereocenters. The van der Waals surface area contributed by atoms with Gasteiger partial charge in [0.15, 0.2) is 0 Å². The van der Waals surface area contributed by atoms with Gasteiger partial charge in [0, 0.05) is 30.4 Å². The van der Waals surface area contributed by atoms with Crippen LogP contribution in [-0.4, -0.2) is 44.0 Å². The molecule has 124 valence electrons. The number of nitrogens with one attached hydrogen (secondary N) is 2. The van der Waals surface area contributed by atoms with Gasteiger partial charge in [0.1, 0.15) is 0 Å². The van der Waals surface area contributed by atoms with Gasteiger partial charge in [-0.25, -0.2) is 4.98 Å². The SMILES string of the molecule is CCOC(=O)Cc1cc(=O)[nH]c(-n2[nH]c(C)c(CCO)c2=O)n1. The number of rotatable bonds is 6. The Morgan fingerprint density at radius 1 is 1.43 bits per heavy atom. The average Bonchev–Trinajstić information content (AvgIpc) is 2.75.